The van der Waals surface area contributed by atoms with Crippen molar-refractivity contribution in [3.63, 3.8) is 0 Å². The lowest BCUT2D eigenvalue weighted by Crippen LogP contribution is -2.43. The highest BCUT2D eigenvalue weighted by Gasteiger charge is 2.45. The van der Waals surface area contributed by atoms with Gasteiger partial charge >= 0.3 is 15.4 Å². The Bertz CT molecular complexity index is 387. The van der Waals surface area contributed by atoms with Gasteiger partial charge in [-0.25, -0.2) is 8.88 Å². The molecule has 7 N–H and O–H groups in total. The van der Waals surface area contributed by atoms with Crippen LogP contribution in [0.25, 0.3) is 0 Å². The van der Waals surface area contributed by atoms with E-state index in [4.69, 9.17) is 35.1 Å². The third-order valence-corrected chi connectivity index (χ3v) is 4.21. The van der Waals surface area contributed by atoms with E-state index in [0.29, 0.717) is 0 Å². The summed E-state index contributed by atoms with van der Waals surface area (Å²) in [5.41, 5.74) is -2.13. The summed E-state index contributed by atoms with van der Waals surface area (Å²) in [6, 6.07) is 0. The fourth-order valence-electron chi connectivity index (χ4n) is 0.816. The Balaban J connectivity index is 4.94. The third kappa shape index (κ3) is 5.21. The average Bonchev–Trinajstić information content (AvgIpc) is 2.21. The minimum absolute atomic E-state index is 1.07. The number of phosphoric acid groups is 1. The summed E-state index contributed by atoms with van der Waals surface area (Å²) in [4.78, 5) is 36.5. The van der Waals surface area contributed by atoms with E-state index in [2.05, 4.69) is 4.31 Å². The van der Waals surface area contributed by atoms with Crippen LogP contribution >= 0.6 is 15.4 Å². The minimum atomic E-state index is -5.57. The lowest BCUT2D eigenvalue weighted by Gasteiger charge is -2.21. The zero-order chi connectivity index (χ0) is 14.7. The van der Waals surface area contributed by atoms with Crippen molar-refractivity contribution in [2.24, 2.45) is 0 Å². The van der Waals surface area contributed by atoms with E-state index in [1.54, 1.807) is 0 Å². The van der Waals surface area contributed by atoms with Crippen molar-refractivity contribution in [3.8, 4) is 0 Å². The fraction of sp³-hybridized carbons (Fsp3) is 0.800. The van der Waals surface area contributed by atoms with E-state index in [0.717, 1.165) is 0 Å². The molecule has 0 saturated heterocycles. The second kappa shape index (κ2) is 6.31. The monoisotopic (exact) mass is 310 g/mol. The lowest BCUT2D eigenvalue weighted by atomic mass is 10.1. The summed E-state index contributed by atoms with van der Waals surface area (Å²) in [5.74, 6) is 0. The molecule has 0 bridgehead atoms. The highest BCUT2D eigenvalue weighted by Crippen LogP contribution is 2.57. The quantitative estimate of drug-likeness (QED) is 0.234. The van der Waals surface area contributed by atoms with Gasteiger partial charge in [-0.1, -0.05) is 0 Å². The van der Waals surface area contributed by atoms with Gasteiger partial charge in [0.25, 0.3) is 5.52 Å². The summed E-state index contributed by atoms with van der Waals surface area (Å²) < 4.78 is 24.6. The number of aliphatic hydroxyl groups is 4. The normalized spacial score (nSPS) is 20.8. The van der Waals surface area contributed by atoms with Gasteiger partial charge in [0, 0.05) is 0 Å². The van der Waals surface area contributed by atoms with Crippen LogP contribution in [0.4, 0.5) is 0 Å². The van der Waals surface area contributed by atoms with Crippen LogP contribution in [0.3, 0.4) is 0 Å². The molecule has 4 atom stereocenters. The van der Waals surface area contributed by atoms with Crippen molar-refractivity contribution < 1.29 is 53.3 Å². The maximum absolute atomic E-state index is 11.1. The average molecular weight is 310 g/mol. The highest BCUT2D eigenvalue weighted by molar-refractivity contribution is 7.76. The van der Waals surface area contributed by atoms with Crippen LogP contribution in [0.5, 0.6) is 0 Å². The molecule has 0 heterocycles. The Labute approximate surface area is 100 Å². The van der Waals surface area contributed by atoms with Crippen LogP contribution in [-0.4, -0.2) is 65.5 Å². The molecule has 0 saturated carbocycles. The van der Waals surface area contributed by atoms with Crippen LogP contribution in [0.2, 0.25) is 0 Å². The molecule has 0 spiro atoms. The summed E-state index contributed by atoms with van der Waals surface area (Å²) in [6.45, 7) is -1.07. The topological polar surface area (TPSA) is 202 Å². The van der Waals surface area contributed by atoms with Crippen molar-refractivity contribution in [1.29, 1.82) is 0 Å². The summed E-state index contributed by atoms with van der Waals surface area (Å²) >= 11 is 0. The summed E-state index contributed by atoms with van der Waals surface area (Å²) in [7, 11) is -11.1. The van der Waals surface area contributed by atoms with Gasteiger partial charge < -0.3 is 35.1 Å². The Hall–Kier alpha value is -0.190. The van der Waals surface area contributed by atoms with E-state index >= 15 is 0 Å². The molecular formula is C5H12O11P2. The molecule has 0 aromatic heterocycles. The number of carbonyl (C=O) groups is 1. The van der Waals surface area contributed by atoms with Crippen LogP contribution in [-0.2, 0) is 18.2 Å². The highest BCUT2D eigenvalue weighted by atomic mass is 31.3. The Morgan fingerprint density at radius 2 is 1.56 bits per heavy atom. The molecule has 0 aromatic carbocycles. The van der Waals surface area contributed by atoms with Crippen LogP contribution < -0.4 is 0 Å². The van der Waals surface area contributed by atoms with Crippen molar-refractivity contribution in [1.82, 2.24) is 0 Å². The smallest absolute Gasteiger partial charge is 0.394 e. The van der Waals surface area contributed by atoms with E-state index < -0.39 is 45.9 Å². The maximum Gasteiger partial charge on any atom is 0.477 e. The molecule has 0 rings (SSSR count). The molecule has 0 aromatic rings. The summed E-state index contributed by atoms with van der Waals surface area (Å²) in [6.07, 6.45) is -7.00. The SMILES string of the molecule is O=C([C@H](O)[C@H](O)[C@H](O)CO)P(=O)(O)OP(=O)(O)O. The number of rotatable bonds is 7. The number of carbonyl (C=O) groups excluding carboxylic acids is 1. The van der Waals surface area contributed by atoms with Gasteiger partial charge in [0.2, 0.25) is 0 Å². The third-order valence-electron chi connectivity index (χ3n) is 1.65. The van der Waals surface area contributed by atoms with Crippen molar-refractivity contribution in [3.05, 3.63) is 0 Å². The van der Waals surface area contributed by atoms with E-state index in [1.807, 2.05) is 0 Å². The fourth-order valence-corrected chi connectivity index (χ4v) is 2.78. The molecule has 11 nitrogen and oxygen atoms in total. The first-order valence-corrected chi connectivity index (χ1v) is 7.32. The molecule has 18 heavy (non-hydrogen) atoms. The van der Waals surface area contributed by atoms with Crippen LogP contribution in [0, 0.1) is 0 Å². The predicted octanol–water partition coefficient (Wildman–Crippen LogP) is -3.12. The van der Waals surface area contributed by atoms with Gasteiger partial charge in [0.15, 0.2) is 6.10 Å². The molecule has 0 aliphatic carbocycles. The zero-order valence-electron chi connectivity index (χ0n) is 8.60. The first-order chi connectivity index (χ1) is 7.92. The standard InChI is InChI=1S/C5H12O11P2/c6-1-2(7)3(8)4(9)5(10)17(11,12)16-18(13,14)15/h2-4,6-9H,1H2,(H,11,12)(H2,13,14,15)/t2-,3-,4-/m1/s1. The van der Waals surface area contributed by atoms with Crippen molar-refractivity contribution in [2.45, 2.75) is 18.3 Å². The molecule has 0 radical (unpaired) electrons. The minimum Gasteiger partial charge on any atom is -0.394 e. The Morgan fingerprint density at radius 1 is 1.11 bits per heavy atom. The lowest BCUT2D eigenvalue weighted by molar-refractivity contribution is -0.133. The molecule has 0 aliphatic rings. The first kappa shape index (κ1) is 17.8. The predicted molar refractivity (Wildman–Crippen MR) is 53.1 cm³/mol. The molecule has 0 aliphatic heterocycles. The number of hydrogen-bond acceptors (Lipinski definition) is 8. The largest absolute Gasteiger partial charge is 0.477 e. The van der Waals surface area contributed by atoms with E-state index in [-0.39, 0.29) is 0 Å². The number of hydrogen-bond donors (Lipinski definition) is 7. The van der Waals surface area contributed by atoms with Crippen LogP contribution in [0.15, 0.2) is 0 Å². The van der Waals surface area contributed by atoms with Crippen molar-refractivity contribution in [2.75, 3.05) is 6.61 Å². The van der Waals surface area contributed by atoms with Gasteiger partial charge in [-0.2, -0.15) is 0 Å². The molecule has 108 valence electrons. The molecule has 0 fully saturated rings. The number of aliphatic hydroxyl groups excluding tert-OH is 4. The second-order valence-electron chi connectivity index (χ2n) is 3.12. The molecule has 0 amide bonds. The summed E-state index contributed by atoms with van der Waals surface area (Å²) in [5, 5.41) is 35.4. The van der Waals surface area contributed by atoms with Gasteiger partial charge in [-0.15, -0.1) is 0 Å². The Kier molecular flexibility index (Phi) is 6.24. The molecular weight excluding hydrogens is 298 g/mol. The van der Waals surface area contributed by atoms with E-state index in [9.17, 15) is 13.9 Å². The maximum atomic E-state index is 11.1. The Morgan fingerprint density at radius 3 is 1.89 bits per heavy atom. The van der Waals surface area contributed by atoms with Gasteiger partial charge in [-0.3, -0.25) is 9.36 Å². The van der Waals surface area contributed by atoms with Crippen LogP contribution in [0.1, 0.15) is 0 Å². The van der Waals surface area contributed by atoms with Gasteiger partial charge in [0.05, 0.1) is 6.61 Å². The first-order valence-electron chi connectivity index (χ1n) is 4.21. The molecule has 1 unspecified atom stereocenters. The molecule has 13 heteroatoms. The van der Waals surface area contributed by atoms with Crippen molar-refractivity contribution >= 4 is 20.9 Å². The second-order valence-corrected chi connectivity index (χ2v) is 6.23. The zero-order valence-corrected chi connectivity index (χ0v) is 10.4. The van der Waals surface area contributed by atoms with Gasteiger partial charge in [0.1, 0.15) is 12.2 Å². The van der Waals surface area contributed by atoms with Gasteiger partial charge in [-0.05, 0) is 0 Å². The van der Waals surface area contributed by atoms with E-state index in [1.165, 1.54) is 0 Å².